The Kier molecular flexibility index (Phi) is 10.3. The average Bonchev–Trinajstić information content (AvgIpc) is 4.19. The Morgan fingerprint density at radius 2 is 0.579 bits per heavy atom. The second kappa shape index (κ2) is 16.7. The molecule has 12 heteroatoms. The van der Waals surface area contributed by atoms with Gasteiger partial charge < -0.3 is 0 Å². The van der Waals surface area contributed by atoms with Gasteiger partial charge in [-0.3, -0.25) is 0 Å². The summed E-state index contributed by atoms with van der Waals surface area (Å²) in [4.78, 5) is 23.1. The fourth-order valence-electron chi connectivity index (χ4n) is 12.9. The SMILES string of the molecule is Cc1cc2sc(-c3cc4c(s3)-c3c(C)c5c(c(C)c3C4)-c3sc(-c4cc6sc(C)cc6s4)cc3C5)cc2s1.Cc1cc2sc(-c3cc4c(s3)-c3cc5c(cc3C4C)-c3sc(-c4cc6sc(C)cc6s4)cc3C5C)cc2s1. The minimum atomic E-state index is 0.449. The van der Waals surface area contributed by atoms with E-state index in [1.54, 1.807) is 22.3 Å². The average molecular weight is 1200 g/mol. The summed E-state index contributed by atoms with van der Waals surface area (Å²) < 4.78 is 11.5. The molecular formula is C64H44S12. The molecule has 0 nitrogen and oxygen atoms in total. The summed E-state index contributed by atoms with van der Waals surface area (Å²) in [6.45, 7) is 18.4. The van der Waals surface area contributed by atoms with Gasteiger partial charge in [0.1, 0.15) is 0 Å². The van der Waals surface area contributed by atoms with E-state index in [2.05, 4.69) is 140 Å². The van der Waals surface area contributed by atoms with Crippen molar-refractivity contribution in [2.75, 3.05) is 0 Å². The molecule has 14 aromatic rings. The molecule has 372 valence electrons. The molecule has 0 fully saturated rings. The zero-order valence-electron chi connectivity index (χ0n) is 42.6. The maximum atomic E-state index is 2.55. The third-order valence-corrected chi connectivity index (χ3v) is 30.8. The highest BCUT2D eigenvalue weighted by molar-refractivity contribution is 7.34. The van der Waals surface area contributed by atoms with Gasteiger partial charge in [0.2, 0.25) is 0 Å². The summed E-state index contributed by atoms with van der Waals surface area (Å²) >= 11 is 23.5. The van der Waals surface area contributed by atoms with Crippen molar-refractivity contribution < 1.29 is 0 Å². The minimum absolute atomic E-state index is 0.449. The van der Waals surface area contributed by atoms with E-state index in [4.69, 9.17) is 0 Å². The summed E-state index contributed by atoms with van der Waals surface area (Å²) in [5.41, 5.74) is 21.4. The fourth-order valence-corrected chi connectivity index (χ4v) is 27.6. The van der Waals surface area contributed by atoms with Gasteiger partial charge in [0.15, 0.2) is 0 Å². The number of hydrogen-bond acceptors (Lipinski definition) is 12. The lowest BCUT2D eigenvalue weighted by atomic mass is 9.90. The van der Waals surface area contributed by atoms with E-state index in [1.165, 1.54) is 171 Å². The minimum Gasteiger partial charge on any atom is -0.140 e. The number of rotatable bonds is 4. The van der Waals surface area contributed by atoms with Crippen LogP contribution in [0.3, 0.4) is 0 Å². The highest BCUT2D eigenvalue weighted by Crippen LogP contribution is 2.60. The van der Waals surface area contributed by atoms with Crippen LogP contribution in [0.1, 0.15) is 101 Å². The number of hydrogen-bond donors (Lipinski definition) is 0. The zero-order chi connectivity index (χ0) is 50.9. The molecule has 0 amide bonds. The highest BCUT2D eigenvalue weighted by atomic mass is 32.1. The smallest absolute Gasteiger partial charge is 0.0463 e. The number of benzene rings is 2. The molecule has 0 aliphatic heterocycles. The first-order valence-electron chi connectivity index (χ1n) is 25.7. The maximum absolute atomic E-state index is 2.55. The molecule has 0 radical (unpaired) electrons. The molecule has 76 heavy (non-hydrogen) atoms. The monoisotopic (exact) mass is 1200 g/mol. The first-order valence-corrected chi connectivity index (χ1v) is 35.5. The largest absolute Gasteiger partial charge is 0.140 e. The van der Waals surface area contributed by atoms with Gasteiger partial charge >= 0.3 is 0 Å². The predicted molar refractivity (Wildman–Crippen MR) is 350 cm³/mol. The highest BCUT2D eigenvalue weighted by Gasteiger charge is 2.37. The Morgan fingerprint density at radius 1 is 0.289 bits per heavy atom. The predicted octanol–water partition coefficient (Wildman–Crippen LogP) is 24.6. The number of thiophene rings is 12. The summed E-state index contributed by atoms with van der Waals surface area (Å²) in [5, 5.41) is 0. The molecule has 0 saturated heterocycles. The van der Waals surface area contributed by atoms with E-state index in [9.17, 15) is 0 Å². The summed E-state index contributed by atoms with van der Waals surface area (Å²) in [5.74, 6) is 0.898. The van der Waals surface area contributed by atoms with Crippen molar-refractivity contribution in [1.82, 2.24) is 0 Å². The molecule has 0 bridgehead atoms. The van der Waals surface area contributed by atoms with Crippen LogP contribution < -0.4 is 0 Å². The van der Waals surface area contributed by atoms with Crippen molar-refractivity contribution in [3.8, 4) is 80.8 Å². The molecule has 12 heterocycles. The van der Waals surface area contributed by atoms with Crippen LogP contribution in [0.5, 0.6) is 0 Å². The van der Waals surface area contributed by atoms with Crippen molar-refractivity contribution in [1.29, 1.82) is 0 Å². The van der Waals surface area contributed by atoms with Crippen LogP contribution in [0.15, 0.2) is 84.9 Å². The zero-order valence-corrected chi connectivity index (χ0v) is 52.3. The molecule has 2 atom stereocenters. The first-order chi connectivity index (χ1) is 36.8. The van der Waals surface area contributed by atoms with Gasteiger partial charge in [-0.05, 0) is 217 Å². The first kappa shape index (κ1) is 46.8. The molecular weight excluding hydrogens is 1150 g/mol. The Morgan fingerprint density at radius 3 is 0.908 bits per heavy atom. The normalized spacial score (nSPS) is 15.5. The maximum Gasteiger partial charge on any atom is 0.0463 e. The lowest BCUT2D eigenvalue weighted by Crippen LogP contribution is -1.97. The van der Waals surface area contributed by atoms with Crippen LogP contribution >= 0.6 is 136 Å². The van der Waals surface area contributed by atoms with Crippen LogP contribution in [0.25, 0.3) is 118 Å². The van der Waals surface area contributed by atoms with E-state index in [-0.39, 0.29) is 0 Å². The quantitative estimate of drug-likeness (QED) is 0.165. The summed E-state index contributed by atoms with van der Waals surface area (Å²) in [7, 11) is 0. The Labute approximate surface area is 489 Å². The second-order valence-electron chi connectivity index (χ2n) is 21.3. The lowest BCUT2D eigenvalue weighted by Gasteiger charge is -2.16. The molecule has 18 rings (SSSR count). The van der Waals surface area contributed by atoms with E-state index in [0.717, 1.165) is 12.8 Å². The molecule has 2 aromatic carbocycles. The van der Waals surface area contributed by atoms with Crippen molar-refractivity contribution >= 4 is 174 Å². The Bertz CT molecular complexity index is 4400. The van der Waals surface area contributed by atoms with Gasteiger partial charge in [-0.25, -0.2) is 0 Å². The molecule has 0 N–H and O–H groups in total. The number of aryl methyl sites for hydroxylation is 4. The van der Waals surface area contributed by atoms with Gasteiger partial charge in [0.05, 0.1) is 0 Å². The van der Waals surface area contributed by atoms with E-state index >= 15 is 0 Å². The number of fused-ring (bicyclic) bond motifs is 16. The summed E-state index contributed by atoms with van der Waals surface area (Å²) in [6, 6.07) is 34.0. The van der Waals surface area contributed by atoms with Crippen molar-refractivity contribution in [2.24, 2.45) is 0 Å². The third kappa shape index (κ3) is 6.86. The third-order valence-electron chi connectivity index (χ3n) is 16.5. The standard InChI is InChI=1S/2C32H22S6/c1-13-5-23-27(33-13)11-29(35-23)25-9-19-15(3)17-8-22-18(7-21(17)31(19)37-25)16(4)20-10-26(38-32(20)22)30-12-28-24(36-30)6-14(2)34-28;1-13-5-21-25(33-13)11-27(35-21)23-9-17-7-19-16(4)30-20(15(3)29(19)31(17)37-23)8-18-10-24(38-32(18)30)28-12-26-22(36-28)6-14(2)34-26/h5-12,15-16H,1-4H3;5-6,9-12H,7-8H2,1-4H3. The lowest BCUT2D eigenvalue weighted by molar-refractivity contribution is 0.946. The molecule has 4 aliphatic carbocycles. The van der Waals surface area contributed by atoms with E-state index < -0.39 is 0 Å². The Balaban J connectivity index is 0.000000124. The molecule has 12 aromatic heterocycles. The van der Waals surface area contributed by atoms with E-state index in [0.29, 0.717) is 11.8 Å². The fraction of sp³-hybridized carbons (Fsp3) is 0.188. The van der Waals surface area contributed by atoms with Crippen LogP contribution in [0.4, 0.5) is 0 Å². The van der Waals surface area contributed by atoms with Crippen LogP contribution in [-0.4, -0.2) is 0 Å². The van der Waals surface area contributed by atoms with Gasteiger partial charge in [-0.15, -0.1) is 136 Å². The molecule has 2 unspecified atom stereocenters. The summed E-state index contributed by atoms with van der Waals surface area (Å²) in [6.07, 6.45) is 2.15. The van der Waals surface area contributed by atoms with Gasteiger partial charge in [0.25, 0.3) is 0 Å². The molecule has 0 spiro atoms. The van der Waals surface area contributed by atoms with Crippen LogP contribution in [0, 0.1) is 41.5 Å². The van der Waals surface area contributed by atoms with E-state index in [1.807, 2.05) is 136 Å². The molecule has 0 saturated carbocycles. The van der Waals surface area contributed by atoms with Gasteiger partial charge in [0, 0.05) is 127 Å². The van der Waals surface area contributed by atoms with Crippen molar-refractivity contribution in [3.63, 3.8) is 0 Å². The van der Waals surface area contributed by atoms with Crippen molar-refractivity contribution in [2.45, 2.75) is 80.1 Å². The van der Waals surface area contributed by atoms with Gasteiger partial charge in [-0.2, -0.15) is 0 Å². The van der Waals surface area contributed by atoms with Crippen molar-refractivity contribution in [3.05, 3.63) is 160 Å². The molecule has 4 aliphatic rings. The van der Waals surface area contributed by atoms with Crippen LogP contribution in [0.2, 0.25) is 0 Å². The van der Waals surface area contributed by atoms with Crippen LogP contribution in [-0.2, 0) is 12.8 Å². The Hall–Kier alpha value is -4.12. The second-order valence-corrected chi connectivity index (χ2v) is 35.0. The van der Waals surface area contributed by atoms with Gasteiger partial charge in [-0.1, -0.05) is 13.8 Å². The topological polar surface area (TPSA) is 0 Å².